The third-order valence-corrected chi connectivity index (χ3v) is 2.02. The Morgan fingerprint density at radius 1 is 1.60 bits per heavy atom. The van der Waals surface area contributed by atoms with Gasteiger partial charge in [-0.15, -0.1) is 0 Å². The van der Waals surface area contributed by atoms with Gasteiger partial charge in [-0.3, -0.25) is 0 Å². The van der Waals surface area contributed by atoms with E-state index >= 15 is 0 Å². The lowest BCUT2D eigenvalue weighted by atomic mass is 10.1. The summed E-state index contributed by atoms with van der Waals surface area (Å²) in [6.07, 6.45) is -1.52. The molecule has 4 N–H and O–H groups in total. The topological polar surface area (TPSA) is 116 Å². The van der Waals surface area contributed by atoms with Crippen molar-refractivity contribution in [1.82, 2.24) is 9.97 Å². The standard InChI is InChI=1S/C8H9ClN4O2/c9-7-8(11)12-3-4(13-7)6(15)5(14)1-2-10/h3,5-6,14-15H,1H2,(H2,11,12). The summed E-state index contributed by atoms with van der Waals surface area (Å²) in [5.74, 6) is 0.0439. The molecule has 0 aromatic carbocycles. The smallest absolute Gasteiger partial charge is 0.171 e. The summed E-state index contributed by atoms with van der Waals surface area (Å²) in [4.78, 5) is 7.41. The highest BCUT2D eigenvalue weighted by atomic mass is 35.5. The second-order valence-electron chi connectivity index (χ2n) is 2.85. The van der Waals surface area contributed by atoms with E-state index in [1.807, 2.05) is 0 Å². The Morgan fingerprint density at radius 2 is 2.27 bits per heavy atom. The SMILES string of the molecule is N#CCC(O)C(O)c1cnc(N)c(Cl)n1. The molecule has 0 bridgehead atoms. The number of aromatic nitrogens is 2. The minimum absolute atomic E-state index is 0.0439. The zero-order valence-electron chi connectivity index (χ0n) is 7.63. The normalized spacial score (nSPS) is 14.3. The van der Waals surface area contributed by atoms with E-state index in [-0.39, 0.29) is 23.1 Å². The van der Waals surface area contributed by atoms with E-state index in [2.05, 4.69) is 9.97 Å². The summed E-state index contributed by atoms with van der Waals surface area (Å²) in [6.45, 7) is 0. The maximum absolute atomic E-state index is 9.53. The average Bonchev–Trinajstić information content (AvgIpc) is 2.21. The Kier molecular flexibility index (Phi) is 3.80. The number of nitrogens with zero attached hydrogens (tertiary/aromatic N) is 3. The van der Waals surface area contributed by atoms with Crippen molar-refractivity contribution in [3.8, 4) is 6.07 Å². The molecule has 6 nitrogen and oxygen atoms in total. The minimum Gasteiger partial charge on any atom is -0.389 e. The van der Waals surface area contributed by atoms with Gasteiger partial charge in [0.2, 0.25) is 0 Å². The molecule has 1 heterocycles. The second-order valence-corrected chi connectivity index (χ2v) is 3.20. The number of rotatable bonds is 3. The number of nitriles is 1. The molecular weight excluding hydrogens is 220 g/mol. The quantitative estimate of drug-likeness (QED) is 0.672. The molecule has 0 aliphatic heterocycles. The summed E-state index contributed by atoms with van der Waals surface area (Å²) in [5.41, 5.74) is 5.40. The number of halogens is 1. The molecule has 0 aliphatic carbocycles. The van der Waals surface area contributed by atoms with Crippen molar-refractivity contribution in [2.24, 2.45) is 0 Å². The van der Waals surface area contributed by atoms with Crippen LogP contribution in [0.2, 0.25) is 5.15 Å². The van der Waals surface area contributed by atoms with E-state index in [0.29, 0.717) is 0 Å². The van der Waals surface area contributed by atoms with Crippen LogP contribution in [-0.4, -0.2) is 26.3 Å². The van der Waals surface area contributed by atoms with Crippen LogP contribution in [0.15, 0.2) is 6.20 Å². The predicted molar refractivity (Wildman–Crippen MR) is 52.7 cm³/mol. The Hall–Kier alpha value is -1.42. The van der Waals surface area contributed by atoms with Gasteiger partial charge in [0.25, 0.3) is 0 Å². The summed E-state index contributed by atoms with van der Waals surface area (Å²) in [5, 5.41) is 27.1. The van der Waals surface area contributed by atoms with Crippen molar-refractivity contribution < 1.29 is 10.2 Å². The number of anilines is 1. The number of nitrogens with two attached hydrogens (primary N) is 1. The van der Waals surface area contributed by atoms with Crippen LogP contribution in [0.3, 0.4) is 0 Å². The van der Waals surface area contributed by atoms with Crippen LogP contribution in [-0.2, 0) is 0 Å². The van der Waals surface area contributed by atoms with E-state index in [4.69, 9.17) is 22.6 Å². The zero-order valence-corrected chi connectivity index (χ0v) is 8.39. The maximum atomic E-state index is 9.53. The van der Waals surface area contributed by atoms with Crippen LogP contribution < -0.4 is 5.73 Å². The van der Waals surface area contributed by atoms with Crippen LogP contribution in [0.4, 0.5) is 5.82 Å². The first-order chi connectivity index (χ1) is 7.06. The van der Waals surface area contributed by atoms with Crippen LogP contribution >= 0.6 is 11.6 Å². The lowest BCUT2D eigenvalue weighted by Crippen LogP contribution is -2.19. The Morgan fingerprint density at radius 3 is 2.80 bits per heavy atom. The van der Waals surface area contributed by atoms with Gasteiger partial charge in [0.15, 0.2) is 11.0 Å². The summed E-state index contributed by atoms with van der Waals surface area (Å²) >= 11 is 5.58. The van der Waals surface area contributed by atoms with E-state index in [1.165, 1.54) is 6.20 Å². The third-order valence-electron chi connectivity index (χ3n) is 1.74. The molecule has 2 unspecified atom stereocenters. The Balaban J connectivity index is 2.87. The van der Waals surface area contributed by atoms with Crippen molar-refractivity contribution >= 4 is 17.4 Å². The summed E-state index contributed by atoms with van der Waals surface area (Å²) < 4.78 is 0. The first-order valence-electron chi connectivity index (χ1n) is 4.07. The van der Waals surface area contributed by atoms with Crippen molar-refractivity contribution in [2.45, 2.75) is 18.6 Å². The van der Waals surface area contributed by atoms with Crippen molar-refractivity contribution in [2.75, 3.05) is 5.73 Å². The molecule has 7 heteroatoms. The van der Waals surface area contributed by atoms with Gasteiger partial charge in [0.05, 0.1) is 30.5 Å². The van der Waals surface area contributed by atoms with Gasteiger partial charge in [-0.05, 0) is 0 Å². The van der Waals surface area contributed by atoms with Gasteiger partial charge in [-0.2, -0.15) is 5.26 Å². The predicted octanol–water partition coefficient (Wildman–Crippen LogP) is 0.0202. The Bertz CT molecular complexity index is 393. The molecular formula is C8H9ClN4O2. The number of nitrogen functional groups attached to an aromatic ring is 1. The zero-order chi connectivity index (χ0) is 11.4. The molecule has 0 saturated carbocycles. The molecule has 0 fully saturated rings. The number of hydrogen-bond acceptors (Lipinski definition) is 6. The first-order valence-corrected chi connectivity index (χ1v) is 4.45. The van der Waals surface area contributed by atoms with Crippen LogP contribution in [0, 0.1) is 11.3 Å². The minimum atomic E-state index is -1.30. The van der Waals surface area contributed by atoms with Gasteiger partial charge in [0.1, 0.15) is 6.10 Å². The average molecular weight is 229 g/mol. The summed E-state index contributed by atoms with van der Waals surface area (Å²) in [7, 11) is 0. The number of aliphatic hydroxyl groups is 2. The molecule has 0 amide bonds. The lowest BCUT2D eigenvalue weighted by Gasteiger charge is -2.14. The van der Waals surface area contributed by atoms with Crippen LogP contribution in [0.1, 0.15) is 18.2 Å². The van der Waals surface area contributed by atoms with Crippen LogP contribution in [0.5, 0.6) is 0 Å². The highest BCUT2D eigenvalue weighted by molar-refractivity contribution is 6.31. The maximum Gasteiger partial charge on any atom is 0.171 e. The fraction of sp³-hybridized carbons (Fsp3) is 0.375. The molecule has 1 aromatic heterocycles. The fourth-order valence-electron chi connectivity index (χ4n) is 0.933. The fourth-order valence-corrected chi connectivity index (χ4v) is 1.08. The highest BCUT2D eigenvalue weighted by Crippen LogP contribution is 2.20. The molecule has 1 rings (SSSR count). The molecule has 1 aromatic rings. The number of aliphatic hydroxyl groups excluding tert-OH is 2. The first kappa shape index (κ1) is 11.7. The van der Waals surface area contributed by atoms with E-state index in [1.54, 1.807) is 6.07 Å². The molecule has 0 spiro atoms. The monoisotopic (exact) mass is 228 g/mol. The molecule has 0 aliphatic rings. The van der Waals surface area contributed by atoms with Crippen molar-refractivity contribution in [3.63, 3.8) is 0 Å². The van der Waals surface area contributed by atoms with E-state index in [9.17, 15) is 10.2 Å². The third kappa shape index (κ3) is 2.76. The van der Waals surface area contributed by atoms with Crippen molar-refractivity contribution in [1.29, 1.82) is 5.26 Å². The largest absolute Gasteiger partial charge is 0.389 e. The van der Waals surface area contributed by atoms with E-state index in [0.717, 1.165) is 0 Å². The molecule has 0 saturated heterocycles. The number of hydrogen-bond donors (Lipinski definition) is 3. The molecule has 2 atom stereocenters. The van der Waals surface area contributed by atoms with Gasteiger partial charge < -0.3 is 15.9 Å². The summed E-state index contributed by atoms with van der Waals surface area (Å²) in [6, 6.07) is 1.73. The molecule has 15 heavy (non-hydrogen) atoms. The lowest BCUT2D eigenvalue weighted by molar-refractivity contribution is 0.0188. The van der Waals surface area contributed by atoms with Gasteiger partial charge in [-0.25, -0.2) is 9.97 Å². The van der Waals surface area contributed by atoms with Crippen LogP contribution in [0.25, 0.3) is 0 Å². The van der Waals surface area contributed by atoms with Gasteiger partial charge in [-0.1, -0.05) is 11.6 Å². The second kappa shape index (κ2) is 4.89. The molecule has 0 radical (unpaired) electrons. The Labute approximate surface area is 91.0 Å². The van der Waals surface area contributed by atoms with Crippen molar-refractivity contribution in [3.05, 3.63) is 17.0 Å². The molecule has 80 valence electrons. The van der Waals surface area contributed by atoms with Gasteiger partial charge >= 0.3 is 0 Å². The van der Waals surface area contributed by atoms with E-state index < -0.39 is 12.2 Å². The highest BCUT2D eigenvalue weighted by Gasteiger charge is 2.20. The van der Waals surface area contributed by atoms with Gasteiger partial charge in [0, 0.05) is 0 Å².